The molecule has 1 aliphatic rings. The highest BCUT2D eigenvalue weighted by Gasteiger charge is 2.39. The van der Waals surface area contributed by atoms with Gasteiger partial charge in [-0.05, 0) is 38.2 Å². The third-order valence-electron chi connectivity index (χ3n) is 4.61. The minimum absolute atomic E-state index is 0.128. The van der Waals surface area contributed by atoms with Gasteiger partial charge in [0.25, 0.3) is 0 Å². The molecule has 1 aromatic rings. The highest BCUT2D eigenvalue weighted by molar-refractivity contribution is 5.82. The lowest BCUT2D eigenvalue weighted by molar-refractivity contribution is -0.147. The highest BCUT2D eigenvalue weighted by Crippen LogP contribution is 2.38. The molecule has 1 N–H and O–H groups in total. The second kappa shape index (κ2) is 9.25. The first-order valence-corrected chi connectivity index (χ1v) is 8.82. The summed E-state index contributed by atoms with van der Waals surface area (Å²) in [5.41, 5.74) is 1.77. The van der Waals surface area contributed by atoms with Crippen LogP contribution in [0.5, 0.6) is 0 Å². The van der Waals surface area contributed by atoms with Crippen LogP contribution in [0.2, 0.25) is 0 Å². The monoisotopic (exact) mass is 345 g/mol. The minimum atomic E-state index is -0.758. The van der Waals surface area contributed by atoms with Crippen molar-refractivity contribution < 1.29 is 19.1 Å². The Kier molecular flexibility index (Phi) is 7.04. The largest absolute Gasteiger partial charge is 0.464 e. The van der Waals surface area contributed by atoms with Gasteiger partial charge in [-0.15, -0.1) is 0 Å². The molecular formula is C20H27NO4. The average molecular weight is 345 g/mol. The Morgan fingerprint density at radius 1 is 1.24 bits per heavy atom. The zero-order chi connectivity index (χ0) is 18.2. The lowest BCUT2D eigenvalue weighted by atomic mass is 9.70. The summed E-state index contributed by atoms with van der Waals surface area (Å²) in [6.07, 6.45) is 2.60. The van der Waals surface area contributed by atoms with E-state index in [1.807, 2.05) is 37.3 Å². The third-order valence-corrected chi connectivity index (χ3v) is 4.61. The van der Waals surface area contributed by atoms with Crippen molar-refractivity contribution in [3.63, 3.8) is 0 Å². The van der Waals surface area contributed by atoms with Crippen LogP contribution >= 0.6 is 0 Å². The van der Waals surface area contributed by atoms with Gasteiger partial charge in [-0.25, -0.2) is 9.59 Å². The molecule has 5 nitrogen and oxygen atoms in total. The molecule has 25 heavy (non-hydrogen) atoms. The van der Waals surface area contributed by atoms with E-state index in [4.69, 9.17) is 9.47 Å². The number of alkyl carbamates (subject to hydrolysis) is 1. The van der Waals surface area contributed by atoms with Crippen LogP contribution in [-0.2, 0) is 20.9 Å². The van der Waals surface area contributed by atoms with Crippen LogP contribution in [-0.4, -0.2) is 24.7 Å². The normalized spacial score (nSPS) is 16.2. The first kappa shape index (κ1) is 19.0. The molecule has 0 aromatic heterocycles. The van der Waals surface area contributed by atoms with E-state index in [0.717, 1.165) is 30.4 Å². The Labute approximate surface area is 149 Å². The first-order valence-electron chi connectivity index (χ1n) is 8.82. The summed E-state index contributed by atoms with van der Waals surface area (Å²) >= 11 is 0. The summed E-state index contributed by atoms with van der Waals surface area (Å²) in [6, 6.07) is 8.65. The number of carbonyl (C=O) groups excluding carboxylic acids is 2. The van der Waals surface area contributed by atoms with Gasteiger partial charge in [-0.2, -0.15) is 0 Å². The van der Waals surface area contributed by atoms with Crippen LogP contribution in [0.4, 0.5) is 4.79 Å². The number of nitrogens with one attached hydrogen (secondary N) is 1. The van der Waals surface area contributed by atoms with Gasteiger partial charge in [0.15, 0.2) is 0 Å². The topological polar surface area (TPSA) is 64.6 Å². The molecular weight excluding hydrogens is 318 g/mol. The number of benzene rings is 1. The molecule has 1 amide bonds. The molecule has 136 valence electrons. The molecule has 2 atom stereocenters. The van der Waals surface area contributed by atoms with Crippen LogP contribution in [0, 0.1) is 11.8 Å². The van der Waals surface area contributed by atoms with Gasteiger partial charge in [0, 0.05) is 5.92 Å². The smallest absolute Gasteiger partial charge is 0.408 e. The molecule has 1 aromatic carbocycles. The van der Waals surface area contributed by atoms with E-state index >= 15 is 0 Å². The molecule has 1 aliphatic carbocycles. The Hall–Kier alpha value is -2.30. The van der Waals surface area contributed by atoms with Crippen LogP contribution in [0.3, 0.4) is 0 Å². The predicted molar refractivity (Wildman–Crippen MR) is 95.8 cm³/mol. The summed E-state index contributed by atoms with van der Waals surface area (Å²) in [7, 11) is 0. The summed E-state index contributed by atoms with van der Waals surface area (Å²) in [5, 5.41) is 2.71. The van der Waals surface area contributed by atoms with Crippen LogP contribution in [0.15, 0.2) is 42.5 Å². The van der Waals surface area contributed by atoms with Crippen LogP contribution in [0.1, 0.15) is 38.7 Å². The van der Waals surface area contributed by atoms with E-state index < -0.39 is 18.1 Å². The maximum absolute atomic E-state index is 12.4. The van der Waals surface area contributed by atoms with Gasteiger partial charge in [-0.1, -0.05) is 48.9 Å². The summed E-state index contributed by atoms with van der Waals surface area (Å²) in [6.45, 7) is 8.09. The Morgan fingerprint density at radius 3 is 2.44 bits per heavy atom. The fourth-order valence-electron chi connectivity index (χ4n) is 3.18. The SMILES string of the molecule is C=C(C)C(C1CCC1)[C@H](NC(=O)OCc1ccccc1)C(=O)OCC. The Morgan fingerprint density at radius 2 is 1.92 bits per heavy atom. The summed E-state index contributed by atoms with van der Waals surface area (Å²) < 4.78 is 10.4. The molecule has 1 unspecified atom stereocenters. The molecule has 0 spiro atoms. The van der Waals surface area contributed by atoms with E-state index in [1.54, 1.807) is 6.92 Å². The zero-order valence-electron chi connectivity index (χ0n) is 15.0. The molecule has 0 heterocycles. The van der Waals surface area contributed by atoms with Crippen molar-refractivity contribution in [3.05, 3.63) is 48.0 Å². The molecule has 2 rings (SSSR count). The third kappa shape index (κ3) is 5.34. The van der Waals surface area contributed by atoms with Crippen molar-refractivity contribution in [2.45, 2.75) is 45.8 Å². The van der Waals surface area contributed by atoms with Crippen molar-refractivity contribution in [2.75, 3.05) is 6.61 Å². The van der Waals surface area contributed by atoms with Crippen LogP contribution in [0.25, 0.3) is 0 Å². The number of carbonyl (C=O) groups is 2. The number of esters is 1. The number of amides is 1. The molecule has 1 saturated carbocycles. The van der Waals surface area contributed by atoms with E-state index in [-0.39, 0.29) is 19.1 Å². The Bertz CT molecular complexity index is 595. The van der Waals surface area contributed by atoms with Gasteiger partial charge < -0.3 is 14.8 Å². The second-order valence-electron chi connectivity index (χ2n) is 6.50. The summed E-state index contributed by atoms with van der Waals surface area (Å²) in [4.78, 5) is 24.6. The molecule has 0 bridgehead atoms. The molecule has 0 saturated heterocycles. The number of ether oxygens (including phenoxy) is 2. The van der Waals surface area contributed by atoms with Gasteiger partial charge in [0.05, 0.1) is 6.61 Å². The lowest BCUT2D eigenvalue weighted by Crippen LogP contribution is -2.50. The van der Waals surface area contributed by atoms with Crippen molar-refractivity contribution in [2.24, 2.45) is 11.8 Å². The number of rotatable bonds is 8. The second-order valence-corrected chi connectivity index (χ2v) is 6.50. The van der Waals surface area contributed by atoms with E-state index in [1.165, 1.54) is 0 Å². The van der Waals surface area contributed by atoms with Gasteiger partial charge >= 0.3 is 12.1 Å². The first-order chi connectivity index (χ1) is 12.0. The van der Waals surface area contributed by atoms with E-state index in [0.29, 0.717) is 5.92 Å². The maximum atomic E-state index is 12.4. The fourth-order valence-corrected chi connectivity index (χ4v) is 3.18. The zero-order valence-corrected chi connectivity index (χ0v) is 15.0. The predicted octanol–water partition coefficient (Wildman–Crippen LogP) is 3.84. The number of hydrogen-bond acceptors (Lipinski definition) is 4. The van der Waals surface area contributed by atoms with Gasteiger partial charge in [0.2, 0.25) is 0 Å². The summed E-state index contributed by atoms with van der Waals surface area (Å²) in [5.74, 6) is -0.211. The molecule has 1 fully saturated rings. The average Bonchev–Trinajstić information content (AvgIpc) is 2.55. The highest BCUT2D eigenvalue weighted by atomic mass is 16.6. The van der Waals surface area contributed by atoms with Gasteiger partial charge in [-0.3, -0.25) is 0 Å². The molecule has 0 aliphatic heterocycles. The van der Waals surface area contributed by atoms with Crippen molar-refractivity contribution in [1.82, 2.24) is 5.32 Å². The van der Waals surface area contributed by atoms with Crippen LogP contribution < -0.4 is 5.32 Å². The molecule has 0 radical (unpaired) electrons. The van der Waals surface area contributed by atoms with Crippen molar-refractivity contribution in [1.29, 1.82) is 0 Å². The van der Waals surface area contributed by atoms with E-state index in [2.05, 4.69) is 11.9 Å². The Balaban J connectivity index is 2.02. The van der Waals surface area contributed by atoms with E-state index in [9.17, 15) is 9.59 Å². The minimum Gasteiger partial charge on any atom is -0.464 e. The van der Waals surface area contributed by atoms with Gasteiger partial charge in [0.1, 0.15) is 12.6 Å². The lowest BCUT2D eigenvalue weighted by Gasteiger charge is -2.38. The van der Waals surface area contributed by atoms with Crippen molar-refractivity contribution >= 4 is 12.1 Å². The standard InChI is InChI=1S/C20H27NO4/c1-4-24-19(22)18(17(14(2)3)16-11-8-12-16)21-20(23)25-13-15-9-6-5-7-10-15/h5-7,9-10,16-18H,2,4,8,11-13H2,1,3H3,(H,21,23)/t17?,18-/m0/s1. The van der Waals surface area contributed by atoms with Crippen molar-refractivity contribution in [3.8, 4) is 0 Å². The fraction of sp³-hybridized carbons (Fsp3) is 0.500. The quantitative estimate of drug-likeness (QED) is 0.574. The maximum Gasteiger partial charge on any atom is 0.408 e. The molecule has 5 heteroatoms. The number of hydrogen-bond donors (Lipinski definition) is 1.